The Balaban J connectivity index is 1.74. The quantitative estimate of drug-likeness (QED) is 0.766. The highest BCUT2D eigenvalue weighted by atomic mass is 16.5. The molecule has 7 nitrogen and oxygen atoms in total. The van der Waals surface area contributed by atoms with Crippen LogP contribution in [0.25, 0.3) is 0 Å². The van der Waals surface area contributed by atoms with Gasteiger partial charge in [-0.15, -0.1) is 0 Å². The van der Waals surface area contributed by atoms with Gasteiger partial charge in [-0.1, -0.05) is 0 Å². The molecule has 0 saturated carbocycles. The number of hydrogen-bond donors (Lipinski definition) is 1. The van der Waals surface area contributed by atoms with Gasteiger partial charge in [0.05, 0.1) is 24.8 Å². The largest absolute Gasteiger partial charge is 0.494 e. The second-order valence-corrected chi connectivity index (χ2v) is 7.25. The molecular formula is C22H30N4O3. The Bertz CT molecular complexity index is 836. The summed E-state index contributed by atoms with van der Waals surface area (Å²) in [7, 11) is 0. The fourth-order valence-electron chi connectivity index (χ4n) is 3.60. The van der Waals surface area contributed by atoms with Gasteiger partial charge in [-0.2, -0.15) is 0 Å². The summed E-state index contributed by atoms with van der Waals surface area (Å²) in [6.45, 7) is 10.3. The molecule has 1 amide bonds. The molecule has 156 valence electrons. The highest BCUT2D eigenvalue weighted by Gasteiger charge is 2.28. The third-order valence-electron chi connectivity index (χ3n) is 4.87. The minimum absolute atomic E-state index is 0.0197. The van der Waals surface area contributed by atoms with E-state index in [9.17, 15) is 4.79 Å². The van der Waals surface area contributed by atoms with Crippen LogP contribution >= 0.6 is 0 Å². The third-order valence-corrected chi connectivity index (χ3v) is 4.87. The average Bonchev–Trinajstić information content (AvgIpc) is 2.69. The molecule has 7 heteroatoms. The molecule has 1 aliphatic heterocycles. The van der Waals surface area contributed by atoms with Crippen molar-refractivity contribution in [3.8, 4) is 11.5 Å². The van der Waals surface area contributed by atoms with Gasteiger partial charge in [-0.25, -0.2) is 9.97 Å². The van der Waals surface area contributed by atoms with Gasteiger partial charge in [0.2, 0.25) is 11.9 Å². The van der Waals surface area contributed by atoms with Crippen molar-refractivity contribution in [1.29, 1.82) is 0 Å². The summed E-state index contributed by atoms with van der Waals surface area (Å²) in [5.74, 6) is 1.90. The van der Waals surface area contributed by atoms with Gasteiger partial charge in [-0.05, 0) is 58.7 Å². The minimum Gasteiger partial charge on any atom is -0.494 e. The van der Waals surface area contributed by atoms with E-state index < -0.39 is 0 Å². The van der Waals surface area contributed by atoms with Crippen LogP contribution in [-0.2, 0) is 4.79 Å². The number of amides is 1. The first-order valence-electron chi connectivity index (χ1n) is 10.3. The van der Waals surface area contributed by atoms with E-state index in [1.54, 1.807) is 0 Å². The van der Waals surface area contributed by atoms with E-state index in [4.69, 9.17) is 9.47 Å². The molecule has 1 N–H and O–H groups in total. The Labute approximate surface area is 172 Å². The van der Waals surface area contributed by atoms with Crippen molar-refractivity contribution >= 4 is 17.5 Å². The Kier molecular flexibility index (Phi) is 6.90. The standard InChI is InChI=1S/C22H30N4O3/c1-5-28-18-9-10-20(29-6-2)19(13-18)25-21(27)17-8-7-11-26(14-17)22-23-15(3)12-16(4)24-22/h9-10,12-13,17H,5-8,11,14H2,1-4H3,(H,25,27)/t17-/m1/s1. The predicted octanol–water partition coefficient (Wildman–Crippen LogP) is 3.75. The van der Waals surface area contributed by atoms with Crippen LogP contribution < -0.4 is 19.7 Å². The van der Waals surface area contributed by atoms with Crippen molar-refractivity contribution in [2.45, 2.75) is 40.5 Å². The van der Waals surface area contributed by atoms with Crippen molar-refractivity contribution in [2.75, 3.05) is 36.5 Å². The molecule has 1 atom stereocenters. The first-order chi connectivity index (χ1) is 14.0. The normalized spacial score (nSPS) is 16.4. The predicted molar refractivity (Wildman–Crippen MR) is 114 cm³/mol. The number of piperidine rings is 1. The lowest BCUT2D eigenvalue weighted by molar-refractivity contribution is -0.120. The lowest BCUT2D eigenvalue weighted by Crippen LogP contribution is -2.41. The number of anilines is 2. The molecule has 0 bridgehead atoms. The van der Waals surface area contributed by atoms with Crippen LogP contribution in [0.15, 0.2) is 24.3 Å². The first kappa shape index (κ1) is 20.9. The summed E-state index contributed by atoms with van der Waals surface area (Å²) >= 11 is 0. The molecule has 0 radical (unpaired) electrons. The van der Waals surface area contributed by atoms with Crippen LogP contribution in [-0.4, -0.2) is 42.2 Å². The van der Waals surface area contributed by atoms with Crippen LogP contribution in [0.2, 0.25) is 0 Å². The Hall–Kier alpha value is -2.83. The van der Waals surface area contributed by atoms with Crippen molar-refractivity contribution in [1.82, 2.24) is 9.97 Å². The fraction of sp³-hybridized carbons (Fsp3) is 0.500. The highest BCUT2D eigenvalue weighted by molar-refractivity contribution is 5.94. The van der Waals surface area contributed by atoms with Gasteiger partial charge in [0, 0.05) is 30.5 Å². The maximum atomic E-state index is 13.0. The van der Waals surface area contributed by atoms with Gasteiger partial charge in [-0.3, -0.25) is 4.79 Å². The number of aromatic nitrogens is 2. The van der Waals surface area contributed by atoms with Crippen LogP contribution in [0.5, 0.6) is 11.5 Å². The van der Waals surface area contributed by atoms with Crippen molar-refractivity contribution in [3.63, 3.8) is 0 Å². The minimum atomic E-state index is -0.140. The first-order valence-corrected chi connectivity index (χ1v) is 10.3. The molecule has 0 aliphatic carbocycles. The van der Waals surface area contributed by atoms with E-state index in [0.29, 0.717) is 42.9 Å². The summed E-state index contributed by atoms with van der Waals surface area (Å²) in [4.78, 5) is 24.2. The van der Waals surface area contributed by atoms with E-state index in [1.807, 2.05) is 52.0 Å². The van der Waals surface area contributed by atoms with Crippen LogP contribution in [0.3, 0.4) is 0 Å². The van der Waals surface area contributed by atoms with E-state index in [0.717, 1.165) is 30.8 Å². The number of rotatable bonds is 7. The van der Waals surface area contributed by atoms with Crippen LogP contribution in [0, 0.1) is 19.8 Å². The average molecular weight is 399 g/mol. The number of nitrogens with one attached hydrogen (secondary N) is 1. The number of carbonyl (C=O) groups is 1. The van der Waals surface area contributed by atoms with Crippen LogP contribution in [0.4, 0.5) is 11.6 Å². The SMILES string of the molecule is CCOc1ccc(OCC)c(NC(=O)[C@@H]2CCCN(c3nc(C)cc(C)n3)C2)c1. The summed E-state index contributed by atoms with van der Waals surface area (Å²) < 4.78 is 11.2. The summed E-state index contributed by atoms with van der Waals surface area (Å²) in [6.07, 6.45) is 1.76. The molecule has 1 aliphatic rings. The molecule has 2 heterocycles. The molecule has 3 rings (SSSR count). The lowest BCUT2D eigenvalue weighted by atomic mass is 9.97. The monoisotopic (exact) mass is 398 g/mol. The molecular weight excluding hydrogens is 368 g/mol. The van der Waals surface area contributed by atoms with Crippen molar-refractivity contribution in [2.24, 2.45) is 5.92 Å². The van der Waals surface area contributed by atoms with Gasteiger partial charge in [0.1, 0.15) is 11.5 Å². The maximum absolute atomic E-state index is 13.0. The zero-order valence-corrected chi connectivity index (χ0v) is 17.7. The Morgan fingerprint density at radius 3 is 2.55 bits per heavy atom. The zero-order chi connectivity index (χ0) is 20.8. The van der Waals surface area contributed by atoms with Crippen LogP contribution in [0.1, 0.15) is 38.1 Å². The zero-order valence-electron chi connectivity index (χ0n) is 17.7. The molecule has 0 spiro atoms. The van der Waals surface area contributed by atoms with Crippen molar-refractivity contribution < 1.29 is 14.3 Å². The summed E-state index contributed by atoms with van der Waals surface area (Å²) in [5, 5.41) is 3.05. The third kappa shape index (κ3) is 5.37. The Morgan fingerprint density at radius 1 is 1.14 bits per heavy atom. The van der Waals surface area contributed by atoms with E-state index in [-0.39, 0.29) is 11.8 Å². The van der Waals surface area contributed by atoms with Gasteiger partial charge < -0.3 is 19.7 Å². The van der Waals surface area contributed by atoms with E-state index in [2.05, 4.69) is 20.2 Å². The number of carbonyl (C=O) groups excluding carboxylic acids is 1. The lowest BCUT2D eigenvalue weighted by Gasteiger charge is -2.32. The second-order valence-electron chi connectivity index (χ2n) is 7.25. The topological polar surface area (TPSA) is 76.6 Å². The molecule has 0 unspecified atom stereocenters. The molecule has 1 fully saturated rings. The number of hydrogen-bond acceptors (Lipinski definition) is 6. The van der Waals surface area contributed by atoms with Gasteiger partial charge >= 0.3 is 0 Å². The van der Waals surface area contributed by atoms with Gasteiger partial charge in [0.25, 0.3) is 0 Å². The smallest absolute Gasteiger partial charge is 0.229 e. The molecule has 1 aromatic heterocycles. The van der Waals surface area contributed by atoms with E-state index >= 15 is 0 Å². The van der Waals surface area contributed by atoms with Crippen molar-refractivity contribution in [3.05, 3.63) is 35.7 Å². The second kappa shape index (κ2) is 9.58. The summed E-state index contributed by atoms with van der Waals surface area (Å²) in [6, 6.07) is 7.46. The number of benzene rings is 1. The highest BCUT2D eigenvalue weighted by Crippen LogP contribution is 2.31. The molecule has 1 saturated heterocycles. The maximum Gasteiger partial charge on any atom is 0.229 e. The van der Waals surface area contributed by atoms with E-state index in [1.165, 1.54) is 0 Å². The Morgan fingerprint density at radius 2 is 1.86 bits per heavy atom. The number of aryl methyl sites for hydroxylation is 2. The number of ether oxygens (including phenoxy) is 2. The molecule has 29 heavy (non-hydrogen) atoms. The fourth-order valence-corrected chi connectivity index (χ4v) is 3.60. The summed E-state index contributed by atoms with van der Waals surface area (Å²) in [5.41, 5.74) is 2.52. The molecule has 1 aromatic carbocycles. The molecule has 2 aromatic rings. The van der Waals surface area contributed by atoms with Gasteiger partial charge in [0.15, 0.2) is 0 Å². The number of nitrogens with zero attached hydrogens (tertiary/aromatic N) is 3.